The molecule has 1 aliphatic heterocycles. The van der Waals surface area contributed by atoms with Gasteiger partial charge in [-0.25, -0.2) is 9.97 Å². The zero-order valence-electron chi connectivity index (χ0n) is 17.2. The fourth-order valence-electron chi connectivity index (χ4n) is 3.69. The molecule has 0 radical (unpaired) electrons. The number of hydrogen-bond acceptors (Lipinski definition) is 6. The van der Waals surface area contributed by atoms with E-state index in [4.69, 9.17) is 4.74 Å². The Morgan fingerprint density at radius 1 is 1.20 bits per heavy atom. The molecule has 1 amide bonds. The lowest BCUT2D eigenvalue weighted by molar-refractivity contribution is 0.102. The van der Waals surface area contributed by atoms with Gasteiger partial charge in [-0.1, -0.05) is 6.07 Å². The van der Waals surface area contributed by atoms with E-state index in [1.54, 1.807) is 37.6 Å². The molecule has 1 aromatic carbocycles. The van der Waals surface area contributed by atoms with Crippen LogP contribution in [0.1, 0.15) is 39.9 Å². The largest absolute Gasteiger partial charge is 0.497 e. The van der Waals surface area contributed by atoms with Gasteiger partial charge in [0.1, 0.15) is 11.6 Å². The van der Waals surface area contributed by atoms with Gasteiger partial charge in [-0.15, -0.1) is 0 Å². The third-order valence-electron chi connectivity index (χ3n) is 5.34. The number of pyridine rings is 1. The van der Waals surface area contributed by atoms with E-state index in [2.05, 4.69) is 25.2 Å². The van der Waals surface area contributed by atoms with E-state index in [1.165, 1.54) is 0 Å². The number of carbonyl (C=O) groups is 1. The summed E-state index contributed by atoms with van der Waals surface area (Å²) in [5.41, 5.74) is 2.94. The first-order valence-corrected chi connectivity index (χ1v) is 10.0. The van der Waals surface area contributed by atoms with Gasteiger partial charge in [0.25, 0.3) is 5.91 Å². The lowest BCUT2D eigenvalue weighted by Gasteiger charge is -2.15. The molecule has 1 saturated heterocycles. The van der Waals surface area contributed by atoms with Crippen LogP contribution in [0.25, 0.3) is 0 Å². The van der Waals surface area contributed by atoms with Crippen molar-refractivity contribution >= 4 is 11.6 Å². The van der Waals surface area contributed by atoms with Crippen molar-refractivity contribution in [3.63, 3.8) is 0 Å². The zero-order chi connectivity index (χ0) is 20.9. The van der Waals surface area contributed by atoms with Gasteiger partial charge >= 0.3 is 0 Å². The Hall–Kier alpha value is -3.32. The van der Waals surface area contributed by atoms with Gasteiger partial charge in [0.2, 0.25) is 0 Å². The Labute approximate surface area is 176 Å². The summed E-state index contributed by atoms with van der Waals surface area (Å²) in [7, 11) is 1.61. The number of nitrogens with one attached hydrogen (secondary N) is 1. The maximum absolute atomic E-state index is 12.6. The Balaban J connectivity index is 1.39. The summed E-state index contributed by atoms with van der Waals surface area (Å²) >= 11 is 0. The number of anilines is 1. The van der Waals surface area contributed by atoms with Crippen LogP contribution in [0.5, 0.6) is 5.75 Å². The first-order chi connectivity index (χ1) is 14.6. The van der Waals surface area contributed by atoms with Gasteiger partial charge in [-0.05, 0) is 56.3 Å². The number of hydrogen-bond donors (Lipinski definition) is 1. The molecule has 30 heavy (non-hydrogen) atoms. The Bertz CT molecular complexity index is 1010. The van der Waals surface area contributed by atoms with Crippen molar-refractivity contribution in [3.05, 3.63) is 77.6 Å². The van der Waals surface area contributed by atoms with Gasteiger partial charge in [0.15, 0.2) is 0 Å². The SMILES string of the molecule is COc1ccc(NC(=O)c2cnc([C@@H]3CCN(Cc4ccccn4)C3)nc2C)cc1. The summed E-state index contributed by atoms with van der Waals surface area (Å²) < 4.78 is 5.14. The smallest absolute Gasteiger partial charge is 0.259 e. The van der Waals surface area contributed by atoms with E-state index in [-0.39, 0.29) is 11.8 Å². The number of methoxy groups -OCH3 is 1. The fraction of sp³-hybridized carbons (Fsp3) is 0.304. The molecule has 2 aromatic heterocycles. The molecule has 0 unspecified atom stereocenters. The molecule has 3 heterocycles. The first kappa shape index (κ1) is 20.0. The molecule has 1 fully saturated rings. The average Bonchev–Trinajstić information content (AvgIpc) is 3.23. The molecule has 0 bridgehead atoms. The van der Waals surface area contributed by atoms with Crippen LogP contribution in [0.3, 0.4) is 0 Å². The number of benzene rings is 1. The minimum atomic E-state index is -0.215. The van der Waals surface area contributed by atoms with Crippen molar-refractivity contribution < 1.29 is 9.53 Å². The number of rotatable bonds is 6. The summed E-state index contributed by atoms with van der Waals surface area (Å²) in [6, 6.07) is 13.2. The molecule has 0 saturated carbocycles. The van der Waals surface area contributed by atoms with Crippen LogP contribution in [0.4, 0.5) is 5.69 Å². The van der Waals surface area contributed by atoms with Crippen LogP contribution in [0.2, 0.25) is 0 Å². The highest BCUT2D eigenvalue weighted by atomic mass is 16.5. The van der Waals surface area contributed by atoms with Crippen LogP contribution >= 0.6 is 0 Å². The summed E-state index contributed by atoms with van der Waals surface area (Å²) in [6.45, 7) is 4.57. The van der Waals surface area contributed by atoms with Gasteiger partial charge < -0.3 is 10.1 Å². The maximum Gasteiger partial charge on any atom is 0.259 e. The number of aryl methyl sites for hydroxylation is 1. The highest BCUT2D eigenvalue weighted by Gasteiger charge is 2.27. The third-order valence-corrected chi connectivity index (χ3v) is 5.34. The number of aromatic nitrogens is 3. The van der Waals surface area contributed by atoms with Crippen LogP contribution in [0.15, 0.2) is 54.9 Å². The summed E-state index contributed by atoms with van der Waals surface area (Å²) in [5, 5.41) is 2.88. The number of amides is 1. The van der Waals surface area contributed by atoms with E-state index in [1.807, 2.05) is 31.3 Å². The number of nitrogens with zero attached hydrogens (tertiary/aromatic N) is 4. The van der Waals surface area contributed by atoms with Crippen molar-refractivity contribution in [3.8, 4) is 5.75 Å². The molecule has 3 aromatic rings. The Morgan fingerprint density at radius 2 is 2.03 bits per heavy atom. The van der Waals surface area contributed by atoms with Gasteiger partial charge in [-0.3, -0.25) is 14.7 Å². The molecule has 1 N–H and O–H groups in total. The van der Waals surface area contributed by atoms with Crippen molar-refractivity contribution in [2.45, 2.75) is 25.8 Å². The quantitative estimate of drug-likeness (QED) is 0.679. The second-order valence-electron chi connectivity index (χ2n) is 7.45. The normalized spacial score (nSPS) is 16.4. The van der Waals surface area contributed by atoms with E-state index in [0.717, 1.165) is 43.3 Å². The number of carbonyl (C=O) groups excluding carboxylic acids is 1. The second kappa shape index (κ2) is 9.00. The van der Waals surface area contributed by atoms with Crippen molar-refractivity contribution in [2.75, 3.05) is 25.5 Å². The molecule has 7 heteroatoms. The van der Waals surface area contributed by atoms with Gasteiger partial charge in [0.05, 0.1) is 24.1 Å². The number of ether oxygens (including phenoxy) is 1. The predicted molar refractivity (Wildman–Crippen MR) is 115 cm³/mol. The van der Waals surface area contributed by atoms with Crippen LogP contribution in [-0.4, -0.2) is 46.0 Å². The zero-order valence-corrected chi connectivity index (χ0v) is 17.2. The van der Waals surface area contributed by atoms with Gasteiger partial charge in [-0.2, -0.15) is 0 Å². The molecule has 4 rings (SSSR count). The topological polar surface area (TPSA) is 80.2 Å². The summed E-state index contributed by atoms with van der Waals surface area (Å²) in [6.07, 6.45) is 4.46. The third kappa shape index (κ3) is 4.63. The summed E-state index contributed by atoms with van der Waals surface area (Å²) in [4.78, 5) is 28.6. The van der Waals surface area contributed by atoms with E-state index in [9.17, 15) is 4.79 Å². The van der Waals surface area contributed by atoms with Crippen LogP contribution < -0.4 is 10.1 Å². The average molecular weight is 403 g/mol. The molecule has 154 valence electrons. The lowest BCUT2D eigenvalue weighted by Crippen LogP contribution is -2.21. The molecular weight excluding hydrogens is 378 g/mol. The standard InChI is InChI=1S/C23H25N5O2/c1-16-21(23(29)27-18-6-8-20(30-2)9-7-18)13-25-22(26-16)17-10-12-28(14-17)15-19-5-3-4-11-24-19/h3-9,11,13,17H,10,12,14-15H2,1-2H3,(H,27,29)/t17-/m1/s1. The molecule has 1 atom stereocenters. The van der Waals surface area contributed by atoms with Gasteiger partial charge in [0, 0.05) is 37.1 Å². The minimum Gasteiger partial charge on any atom is -0.497 e. The molecule has 0 spiro atoms. The van der Waals surface area contributed by atoms with Crippen LogP contribution in [0, 0.1) is 6.92 Å². The van der Waals surface area contributed by atoms with Crippen molar-refractivity contribution in [1.82, 2.24) is 19.9 Å². The highest BCUT2D eigenvalue weighted by molar-refractivity contribution is 6.04. The Morgan fingerprint density at radius 3 is 2.73 bits per heavy atom. The molecule has 7 nitrogen and oxygen atoms in total. The first-order valence-electron chi connectivity index (χ1n) is 10.0. The predicted octanol–water partition coefficient (Wildman–Crippen LogP) is 3.43. The monoisotopic (exact) mass is 403 g/mol. The Kier molecular flexibility index (Phi) is 5.99. The maximum atomic E-state index is 12.6. The van der Waals surface area contributed by atoms with Crippen molar-refractivity contribution in [2.24, 2.45) is 0 Å². The van der Waals surface area contributed by atoms with E-state index >= 15 is 0 Å². The molecule has 0 aliphatic carbocycles. The van der Waals surface area contributed by atoms with E-state index < -0.39 is 0 Å². The number of likely N-dealkylation sites (tertiary alicyclic amines) is 1. The second-order valence-corrected chi connectivity index (χ2v) is 7.45. The fourth-order valence-corrected chi connectivity index (χ4v) is 3.69. The van der Waals surface area contributed by atoms with Crippen LogP contribution in [-0.2, 0) is 6.54 Å². The van der Waals surface area contributed by atoms with Crippen molar-refractivity contribution in [1.29, 1.82) is 0 Å². The molecular formula is C23H25N5O2. The minimum absolute atomic E-state index is 0.215. The summed E-state index contributed by atoms with van der Waals surface area (Å²) in [5.74, 6) is 1.60. The molecule has 1 aliphatic rings. The van der Waals surface area contributed by atoms with E-state index in [0.29, 0.717) is 16.9 Å². The lowest BCUT2D eigenvalue weighted by atomic mass is 10.1. The highest BCUT2D eigenvalue weighted by Crippen LogP contribution is 2.26.